The maximum atomic E-state index is 6.24. The third kappa shape index (κ3) is 2.21. The first-order chi connectivity index (χ1) is 10.2. The Kier molecular flexibility index (Phi) is 3.47. The SMILES string of the molecule is COc1ccc(-c2cc3c(Cl)ccnc3n2C)cc1OC. The number of aromatic nitrogens is 2. The molecule has 3 aromatic rings. The summed E-state index contributed by atoms with van der Waals surface area (Å²) in [5, 5.41) is 1.63. The first-order valence-corrected chi connectivity index (χ1v) is 6.86. The van der Waals surface area contributed by atoms with Crippen molar-refractivity contribution in [1.82, 2.24) is 9.55 Å². The molecule has 0 spiro atoms. The molecule has 1 aromatic carbocycles. The van der Waals surface area contributed by atoms with Crippen molar-refractivity contribution in [3.63, 3.8) is 0 Å². The van der Waals surface area contributed by atoms with Gasteiger partial charge in [-0.3, -0.25) is 0 Å². The van der Waals surface area contributed by atoms with Gasteiger partial charge in [0, 0.05) is 24.2 Å². The van der Waals surface area contributed by atoms with Gasteiger partial charge < -0.3 is 14.0 Å². The molecule has 0 amide bonds. The number of hydrogen-bond donors (Lipinski definition) is 0. The van der Waals surface area contributed by atoms with Crippen LogP contribution in [0.1, 0.15) is 0 Å². The second-order valence-corrected chi connectivity index (χ2v) is 5.10. The van der Waals surface area contributed by atoms with Crippen molar-refractivity contribution in [1.29, 1.82) is 0 Å². The predicted octanol–water partition coefficient (Wildman–Crippen LogP) is 3.91. The minimum Gasteiger partial charge on any atom is -0.493 e. The Bertz CT molecular complexity index is 811. The van der Waals surface area contributed by atoms with Crippen molar-refractivity contribution < 1.29 is 9.47 Å². The summed E-state index contributed by atoms with van der Waals surface area (Å²) in [4.78, 5) is 4.39. The number of fused-ring (bicyclic) bond motifs is 1. The lowest BCUT2D eigenvalue weighted by molar-refractivity contribution is 0.355. The first kappa shape index (κ1) is 13.8. The van der Waals surface area contributed by atoms with Crippen LogP contribution in [0.4, 0.5) is 0 Å². The predicted molar refractivity (Wildman–Crippen MR) is 84.3 cm³/mol. The lowest BCUT2D eigenvalue weighted by atomic mass is 10.1. The number of aryl methyl sites for hydroxylation is 1. The van der Waals surface area contributed by atoms with Crippen molar-refractivity contribution in [2.75, 3.05) is 14.2 Å². The Morgan fingerprint density at radius 1 is 1.05 bits per heavy atom. The maximum Gasteiger partial charge on any atom is 0.161 e. The molecule has 21 heavy (non-hydrogen) atoms. The number of pyridine rings is 1. The lowest BCUT2D eigenvalue weighted by Gasteiger charge is -2.10. The fourth-order valence-electron chi connectivity index (χ4n) is 2.46. The zero-order valence-electron chi connectivity index (χ0n) is 12.1. The quantitative estimate of drug-likeness (QED) is 0.736. The molecule has 3 rings (SSSR count). The smallest absolute Gasteiger partial charge is 0.161 e. The molecule has 0 atom stereocenters. The second kappa shape index (κ2) is 5.30. The molecular weight excluding hydrogens is 288 g/mol. The zero-order chi connectivity index (χ0) is 15.0. The van der Waals surface area contributed by atoms with Crippen LogP contribution in [0.2, 0.25) is 5.02 Å². The third-order valence-corrected chi connectivity index (χ3v) is 3.88. The molecule has 0 bridgehead atoms. The van der Waals surface area contributed by atoms with Gasteiger partial charge in [0.1, 0.15) is 5.65 Å². The first-order valence-electron chi connectivity index (χ1n) is 6.48. The van der Waals surface area contributed by atoms with Gasteiger partial charge in [-0.2, -0.15) is 0 Å². The fourth-order valence-corrected chi connectivity index (χ4v) is 2.66. The molecule has 0 saturated heterocycles. The molecular formula is C16H15ClN2O2. The van der Waals surface area contributed by atoms with E-state index in [1.807, 2.05) is 35.9 Å². The summed E-state index contributed by atoms with van der Waals surface area (Å²) < 4.78 is 12.6. The van der Waals surface area contributed by atoms with Gasteiger partial charge in [0.25, 0.3) is 0 Å². The van der Waals surface area contributed by atoms with Gasteiger partial charge in [0.05, 0.1) is 24.9 Å². The molecule has 0 aliphatic carbocycles. The molecule has 0 N–H and O–H groups in total. The largest absolute Gasteiger partial charge is 0.493 e. The highest BCUT2D eigenvalue weighted by Gasteiger charge is 2.13. The summed E-state index contributed by atoms with van der Waals surface area (Å²) in [6.45, 7) is 0. The molecule has 2 aromatic heterocycles. The lowest BCUT2D eigenvalue weighted by Crippen LogP contribution is -1.95. The van der Waals surface area contributed by atoms with Crippen molar-refractivity contribution in [3.05, 3.63) is 41.6 Å². The molecule has 0 unspecified atom stereocenters. The summed E-state index contributed by atoms with van der Waals surface area (Å²) in [5.41, 5.74) is 2.89. The second-order valence-electron chi connectivity index (χ2n) is 4.69. The van der Waals surface area contributed by atoms with Crippen LogP contribution in [0.3, 0.4) is 0 Å². The van der Waals surface area contributed by atoms with Gasteiger partial charge in [-0.25, -0.2) is 4.98 Å². The number of benzene rings is 1. The van der Waals surface area contributed by atoms with Crippen molar-refractivity contribution in [2.45, 2.75) is 0 Å². The standard InChI is InChI=1S/C16H15ClN2O2/c1-19-13(9-11-12(17)6-7-18-16(11)19)10-4-5-14(20-2)15(8-10)21-3/h4-9H,1-3H3. The van der Waals surface area contributed by atoms with Crippen LogP contribution >= 0.6 is 11.6 Å². The van der Waals surface area contributed by atoms with E-state index < -0.39 is 0 Å². The Hall–Kier alpha value is -2.20. The van der Waals surface area contributed by atoms with Crippen LogP contribution in [0, 0.1) is 0 Å². The van der Waals surface area contributed by atoms with Crippen LogP contribution in [0.5, 0.6) is 11.5 Å². The van der Waals surface area contributed by atoms with Gasteiger partial charge in [0.2, 0.25) is 0 Å². The van der Waals surface area contributed by atoms with Crippen molar-refractivity contribution in [2.24, 2.45) is 7.05 Å². The van der Waals surface area contributed by atoms with Crippen LogP contribution in [-0.2, 0) is 7.05 Å². The fraction of sp³-hybridized carbons (Fsp3) is 0.188. The zero-order valence-corrected chi connectivity index (χ0v) is 12.8. The van der Waals surface area contributed by atoms with E-state index in [9.17, 15) is 0 Å². The number of hydrogen-bond acceptors (Lipinski definition) is 3. The highest BCUT2D eigenvalue weighted by molar-refractivity contribution is 6.35. The Morgan fingerprint density at radius 3 is 2.48 bits per heavy atom. The van der Waals surface area contributed by atoms with Crippen LogP contribution in [0.15, 0.2) is 36.5 Å². The van der Waals surface area contributed by atoms with E-state index in [1.54, 1.807) is 26.5 Å². The van der Waals surface area contributed by atoms with E-state index in [0.717, 1.165) is 22.3 Å². The van der Waals surface area contributed by atoms with E-state index in [1.165, 1.54) is 0 Å². The van der Waals surface area contributed by atoms with Crippen molar-refractivity contribution >= 4 is 22.6 Å². The molecule has 2 heterocycles. The van der Waals surface area contributed by atoms with Crippen molar-refractivity contribution in [3.8, 4) is 22.8 Å². The average molecular weight is 303 g/mol. The molecule has 108 valence electrons. The molecule has 0 fully saturated rings. The summed E-state index contributed by atoms with van der Waals surface area (Å²) in [7, 11) is 5.22. The minimum atomic E-state index is 0.694. The molecule has 0 saturated carbocycles. The van der Waals surface area contributed by atoms with E-state index in [0.29, 0.717) is 16.5 Å². The van der Waals surface area contributed by atoms with Crippen LogP contribution in [0.25, 0.3) is 22.3 Å². The number of rotatable bonds is 3. The molecule has 0 aliphatic heterocycles. The summed E-state index contributed by atoms with van der Waals surface area (Å²) in [6.07, 6.45) is 1.71. The van der Waals surface area contributed by atoms with Gasteiger partial charge in [-0.15, -0.1) is 0 Å². The monoisotopic (exact) mass is 302 g/mol. The van der Waals surface area contributed by atoms with Gasteiger partial charge in [-0.05, 0) is 30.3 Å². The Morgan fingerprint density at radius 2 is 1.81 bits per heavy atom. The summed E-state index contributed by atoms with van der Waals surface area (Å²) in [5.74, 6) is 1.40. The Balaban J connectivity index is 2.21. The highest BCUT2D eigenvalue weighted by Crippen LogP contribution is 2.35. The third-order valence-electron chi connectivity index (χ3n) is 3.56. The van der Waals surface area contributed by atoms with E-state index >= 15 is 0 Å². The van der Waals surface area contributed by atoms with Gasteiger partial charge in [0.15, 0.2) is 11.5 Å². The topological polar surface area (TPSA) is 36.3 Å². The van der Waals surface area contributed by atoms with Gasteiger partial charge in [-0.1, -0.05) is 11.6 Å². The molecule has 0 radical (unpaired) electrons. The molecule has 4 nitrogen and oxygen atoms in total. The Labute approximate surface area is 127 Å². The number of ether oxygens (including phenoxy) is 2. The van der Waals surface area contributed by atoms with Gasteiger partial charge >= 0.3 is 0 Å². The number of nitrogens with zero attached hydrogens (tertiary/aromatic N) is 2. The number of halogens is 1. The van der Waals surface area contributed by atoms with E-state index in [2.05, 4.69) is 4.98 Å². The molecule has 0 aliphatic rings. The van der Waals surface area contributed by atoms with Crippen LogP contribution in [-0.4, -0.2) is 23.8 Å². The average Bonchev–Trinajstić information content (AvgIpc) is 2.85. The number of methoxy groups -OCH3 is 2. The minimum absolute atomic E-state index is 0.694. The normalized spacial score (nSPS) is 10.9. The maximum absolute atomic E-state index is 6.24. The van der Waals surface area contributed by atoms with E-state index in [-0.39, 0.29) is 0 Å². The summed E-state index contributed by atoms with van der Waals surface area (Å²) in [6, 6.07) is 9.65. The highest BCUT2D eigenvalue weighted by atomic mass is 35.5. The van der Waals surface area contributed by atoms with Crippen LogP contribution < -0.4 is 9.47 Å². The van der Waals surface area contributed by atoms with E-state index in [4.69, 9.17) is 21.1 Å². The molecule has 5 heteroatoms. The summed E-state index contributed by atoms with van der Waals surface area (Å²) >= 11 is 6.24.